The van der Waals surface area contributed by atoms with Crippen molar-refractivity contribution in [1.29, 1.82) is 0 Å². The van der Waals surface area contributed by atoms with Gasteiger partial charge in [0.25, 0.3) is 0 Å². The summed E-state index contributed by atoms with van der Waals surface area (Å²) in [7, 11) is 1.57. The predicted molar refractivity (Wildman–Crippen MR) is 94.0 cm³/mol. The van der Waals surface area contributed by atoms with Gasteiger partial charge in [0.1, 0.15) is 11.8 Å². The average molecular weight is 333 g/mol. The first-order valence-electron chi connectivity index (χ1n) is 8.43. The number of nitrogens with one attached hydrogen (secondary N) is 1. The maximum atomic E-state index is 12.7. The predicted octanol–water partition coefficient (Wildman–Crippen LogP) is 2.06. The van der Waals surface area contributed by atoms with Crippen LogP contribution in [0.1, 0.15) is 38.2 Å². The highest BCUT2D eigenvalue weighted by Crippen LogP contribution is 2.27. The highest BCUT2D eigenvalue weighted by atomic mass is 16.5. The summed E-state index contributed by atoms with van der Waals surface area (Å²) in [5, 5.41) is 2.91. The topological polar surface area (TPSA) is 84.7 Å². The summed E-state index contributed by atoms with van der Waals surface area (Å²) in [6, 6.07) is 5.18. The standard InChI is InChI=1S/C18H27N3O3/c1-12-6-8-16(24-3)14(11-12)20-18(23)15-5-4-10-21(15)17(22)9-7-13(2)19/h6,8,11,13,15H,4-5,7,9-10,19H2,1-3H3,(H,20,23). The molecule has 0 radical (unpaired) electrons. The van der Waals surface area contributed by atoms with Crippen LogP contribution in [-0.4, -0.2) is 42.5 Å². The number of benzene rings is 1. The molecule has 2 amide bonds. The number of carbonyl (C=O) groups is 2. The normalized spacial score (nSPS) is 18.3. The SMILES string of the molecule is COc1ccc(C)cc1NC(=O)C1CCCN1C(=O)CCC(C)N. The van der Waals surface area contributed by atoms with Gasteiger partial charge in [0.2, 0.25) is 11.8 Å². The summed E-state index contributed by atoms with van der Waals surface area (Å²) in [5.74, 6) is 0.452. The molecule has 2 atom stereocenters. The molecule has 6 heteroatoms. The number of nitrogens with two attached hydrogens (primary N) is 1. The van der Waals surface area contributed by atoms with Crippen molar-refractivity contribution in [3.05, 3.63) is 23.8 Å². The molecule has 1 aliphatic heterocycles. The number of anilines is 1. The molecule has 0 bridgehead atoms. The van der Waals surface area contributed by atoms with Crippen LogP contribution >= 0.6 is 0 Å². The third kappa shape index (κ3) is 4.47. The smallest absolute Gasteiger partial charge is 0.247 e. The number of amides is 2. The van der Waals surface area contributed by atoms with E-state index in [9.17, 15) is 9.59 Å². The lowest BCUT2D eigenvalue weighted by Gasteiger charge is -2.24. The maximum Gasteiger partial charge on any atom is 0.247 e. The lowest BCUT2D eigenvalue weighted by Crippen LogP contribution is -2.43. The molecule has 2 unspecified atom stereocenters. The molecule has 1 aliphatic rings. The molecule has 132 valence electrons. The van der Waals surface area contributed by atoms with Gasteiger partial charge >= 0.3 is 0 Å². The molecule has 3 N–H and O–H groups in total. The molecule has 1 aromatic carbocycles. The van der Waals surface area contributed by atoms with Crippen LogP contribution in [0.2, 0.25) is 0 Å². The number of hydrogen-bond acceptors (Lipinski definition) is 4. The molecule has 1 saturated heterocycles. The Morgan fingerprint density at radius 1 is 1.46 bits per heavy atom. The van der Waals surface area contributed by atoms with Gasteiger partial charge < -0.3 is 20.7 Å². The lowest BCUT2D eigenvalue weighted by molar-refractivity contribution is -0.136. The molecular weight excluding hydrogens is 306 g/mol. The molecule has 6 nitrogen and oxygen atoms in total. The number of rotatable bonds is 6. The van der Waals surface area contributed by atoms with Crippen LogP contribution < -0.4 is 15.8 Å². The Bertz CT molecular complexity index is 601. The van der Waals surface area contributed by atoms with Crippen molar-refractivity contribution >= 4 is 17.5 Å². The van der Waals surface area contributed by atoms with Gasteiger partial charge in [0, 0.05) is 19.0 Å². The van der Waals surface area contributed by atoms with Gasteiger partial charge in [0.15, 0.2) is 0 Å². The van der Waals surface area contributed by atoms with Crippen molar-refractivity contribution in [2.75, 3.05) is 19.0 Å². The lowest BCUT2D eigenvalue weighted by atomic mass is 10.1. The van der Waals surface area contributed by atoms with Crippen LogP contribution in [0, 0.1) is 6.92 Å². The van der Waals surface area contributed by atoms with E-state index in [1.165, 1.54) is 0 Å². The first kappa shape index (κ1) is 18.3. The molecule has 0 spiro atoms. The number of hydrogen-bond donors (Lipinski definition) is 2. The molecule has 2 rings (SSSR count). The van der Waals surface area contributed by atoms with Crippen molar-refractivity contribution in [3.8, 4) is 5.75 Å². The number of nitrogens with zero attached hydrogens (tertiary/aromatic N) is 1. The van der Waals surface area contributed by atoms with E-state index >= 15 is 0 Å². The second-order valence-electron chi connectivity index (χ2n) is 6.45. The van der Waals surface area contributed by atoms with Crippen LogP contribution in [0.3, 0.4) is 0 Å². The Kier molecular flexibility index (Phi) is 6.20. The van der Waals surface area contributed by atoms with Crippen LogP contribution in [-0.2, 0) is 9.59 Å². The van der Waals surface area contributed by atoms with Crippen LogP contribution in [0.25, 0.3) is 0 Å². The number of ether oxygens (including phenoxy) is 1. The summed E-state index contributed by atoms with van der Waals surface area (Å²) >= 11 is 0. The Balaban J connectivity index is 2.05. The van der Waals surface area contributed by atoms with E-state index in [4.69, 9.17) is 10.5 Å². The van der Waals surface area contributed by atoms with Gasteiger partial charge in [-0.2, -0.15) is 0 Å². The van der Waals surface area contributed by atoms with E-state index in [0.29, 0.717) is 37.2 Å². The Morgan fingerprint density at radius 3 is 2.88 bits per heavy atom. The van der Waals surface area contributed by atoms with Gasteiger partial charge in [-0.05, 0) is 50.8 Å². The molecular formula is C18H27N3O3. The summed E-state index contributed by atoms with van der Waals surface area (Å²) in [4.78, 5) is 26.7. The largest absolute Gasteiger partial charge is 0.495 e. The first-order valence-corrected chi connectivity index (χ1v) is 8.43. The number of carbonyl (C=O) groups excluding carboxylic acids is 2. The Morgan fingerprint density at radius 2 is 2.21 bits per heavy atom. The minimum absolute atomic E-state index is 0.00107. The maximum absolute atomic E-state index is 12.7. The zero-order valence-corrected chi connectivity index (χ0v) is 14.7. The van der Waals surface area contributed by atoms with E-state index in [-0.39, 0.29) is 17.9 Å². The summed E-state index contributed by atoms with van der Waals surface area (Å²) in [6.45, 7) is 4.46. The van der Waals surface area contributed by atoms with E-state index in [2.05, 4.69) is 5.32 Å². The summed E-state index contributed by atoms with van der Waals surface area (Å²) in [6.07, 6.45) is 2.54. The third-order valence-corrected chi connectivity index (χ3v) is 4.30. The zero-order valence-electron chi connectivity index (χ0n) is 14.7. The number of methoxy groups -OCH3 is 1. The number of aryl methyl sites for hydroxylation is 1. The molecule has 0 aromatic heterocycles. The monoisotopic (exact) mass is 333 g/mol. The highest BCUT2D eigenvalue weighted by Gasteiger charge is 2.34. The van der Waals surface area contributed by atoms with Gasteiger partial charge in [-0.25, -0.2) is 0 Å². The summed E-state index contributed by atoms with van der Waals surface area (Å²) < 4.78 is 5.29. The van der Waals surface area contributed by atoms with Crippen molar-refractivity contribution in [3.63, 3.8) is 0 Å². The molecule has 1 aromatic rings. The number of likely N-dealkylation sites (tertiary alicyclic amines) is 1. The fourth-order valence-electron chi connectivity index (χ4n) is 2.97. The average Bonchev–Trinajstić information content (AvgIpc) is 3.02. The van der Waals surface area contributed by atoms with E-state index in [0.717, 1.165) is 12.0 Å². The fraction of sp³-hybridized carbons (Fsp3) is 0.556. The van der Waals surface area contributed by atoms with Crippen molar-refractivity contribution in [2.45, 2.75) is 51.6 Å². The van der Waals surface area contributed by atoms with Crippen molar-refractivity contribution in [1.82, 2.24) is 4.90 Å². The minimum Gasteiger partial charge on any atom is -0.495 e. The molecule has 1 fully saturated rings. The van der Waals surface area contributed by atoms with Crippen molar-refractivity contribution in [2.24, 2.45) is 5.73 Å². The molecule has 0 aliphatic carbocycles. The Hall–Kier alpha value is -2.08. The van der Waals surface area contributed by atoms with Crippen LogP contribution in [0.15, 0.2) is 18.2 Å². The zero-order chi connectivity index (χ0) is 17.7. The second-order valence-corrected chi connectivity index (χ2v) is 6.45. The second kappa shape index (κ2) is 8.15. The molecule has 1 heterocycles. The van der Waals surface area contributed by atoms with E-state index < -0.39 is 6.04 Å². The summed E-state index contributed by atoms with van der Waals surface area (Å²) in [5.41, 5.74) is 7.38. The van der Waals surface area contributed by atoms with Crippen LogP contribution in [0.4, 0.5) is 5.69 Å². The van der Waals surface area contributed by atoms with Crippen molar-refractivity contribution < 1.29 is 14.3 Å². The quantitative estimate of drug-likeness (QED) is 0.834. The molecule has 24 heavy (non-hydrogen) atoms. The third-order valence-electron chi connectivity index (χ3n) is 4.30. The minimum atomic E-state index is -0.421. The van der Waals surface area contributed by atoms with E-state index in [1.807, 2.05) is 32.0 Å². The van der Waals surface area contributed by atoms with Gasteiger partial charge in [-0.1, -0.05) is 6.07 Å². The van der Waals surface area contributed by atoms with Gasteiger partial charge in [-0.3, -0.25) is 9.59 Å². The highest BCUT2D eigenvalue weighted by molar-refractivity contribution is 5.98. The van der Waals surface area contributed by atoms with Gasteiger partial charge in [-0.15, -0.1) is 0 Å². The fourth-order valence-corrected chi connectivity index (χ4v) is 2.97. The van der Waals surface area contributed by atoms with Crippen LogP contribution in [0.5, 0.6) is 5.75 Å². The first-order chi connectivity index (χ1) is 11.4. The molecule has 0 saturated carbocycles. The van der Waals surface area contributed by atoms with Gasteiger partial charge in [0.05, 0.1) is 12.8 Å². The Labute approximate surface area is 143 Å². The van der Waals surface area contributed by atoms with E-state index in [1.54, 1.807) is 12.0 Å².